The summed E-state index contributed by atoms with van der Waals surface area (Å²) in [7, 11) is 0. The fraction of sp³-hybridized carbons (Fsp3) is 0.143. The van der Waals surface area contributed by atoms with Crippen LogP contribution in [0.5, 0.6) is 0 Å². The van der Waals surface area contributed by atoms with Crippen molar-refractivity contribution in [1.82, 2.24) is 4.98 Å². The number of carbonyl (C=O) groups is 1. The summed E-state index contributed by atoms with van der Waals surface area (Å²) in [4.78, 5) is 27.1. The van der Waals surface area contributed by atoms with E-state index in [1.54, 1.807) is 31.2 Å². The van der Waals surface area contributed by atoms with Gasteiger partial charge in [-0.2, -0.15) is 0 Å². The summed E-state index contributed by atoms with van der Waals surface area (Å²) in [6, 6.07) is 6.60. The Morgan fingerprint density at radius 2 is 2.09 bits per heavy atom. The Morgan fingerprint density at radius 1 is 1.36 bits per heavy atom. The molecule has 1 atom stereocenters. The second kappa shape index (κ2) is 7.55. The van der Waals surface area contributed by atoms with Crippen molar-refractivity contribution in [2.24, 2.45) is 0 Å². The highest BCUT2D eigenvalue weighted by Crippen LogP contribution is 2.32. The van der Waals surface area contributed by atoms with Gasteiger partial charge in [0, 0.05) is 20.6 Å². The molecule has 8 heteroatoms. The third-order valence-corrected chi connectivity index (χ3v) is 4.99. The van der Waals surface area contributed by atoms with Gasteiger partial charge in [0.05, 0.1) is 10.3 Å². The molecule has 2 aromatic rings. The summed E-state index contributed by atoms with van der Waals surface area (Å²) >= 11 is 16.5. The van der Waals surface area contributed by atoms with Crippen LogP contribution in [0.4, 0.5) is 5.69 Å². The molecule has 116 valence electrons. The summed E-state index contributed by atoms with van der Waals surface area (Å²) < 4.78 is 0.667. The molecule has 0 aliphatic carbocycles. The van der Waals surface area contributed by atoms with E-state index in [1.165, 1.54) is 18.0 Å². The Hall–Kier alpha value is -0.950. The molecule has 2 N–H and O–H groups in total. The number of hydrogen-bond donors (Lipinski definition) is 2. The van der Waals surface area contributed by atoms with Gasteiger partial charge in [-0.25, -0.2) is 0 Å². The third-order valence-electron chi connectivity index (χ3n) is 2.69. The molecule has 0 fully saturated rings. The highest BCUT2D eigenvalue weighted by molar-refractivity contribution is 9.10. The molecule has 1 aromatic heterocycles. The highest BCUT2D eigenvalue weighted by Gasteiger charge is 2.17. The number of H-pyrrole nitrogens is 1. The molecule has 22 heavy (non-hydrogen) atoms. The largest absolute Gasteiger partial charge is 0.326 e. The smallest absolute Gasteiger partial charge is 0.271 e. The number of rotatable bonds is 4. The Kier molecular flexibility index (Phi) is 5.97. The van der Waals surface area contributed by atoms with Crippen LogP contribution in [0.3, 0.4) is 0 Å². The zero-order valence-corrected chi connectivity index (χ0v) is 15.2. The van der Waals surface area contributed by atoms with E-state index < -0.39 is 5.25 Å². The van der Waals surface area contributed by atoms with Gasteiger partial charge in [0.15, 0.2) is 0 Å². The minimum Gasteiger partial charge on any atom is -0.326 e. The van der Waals surface area contributed by atoms with Crippen molar-refractivity contribution in [3.05, 3.63) is 55.3 Å². The van der Waals surface area contributed by atoms with Gasteiger partial charge in [-0.05, 0) is 47.1 Å². The fourth-order valence-electron chi connectivity index (χ4n) is 1.60. The van der Waals surface area contributed by atoms with Crippen LogP contribution in [-0.2, 0) is 4.79 Å². The van der Waals surface area contributed by atoms with Gasteiger partial charge in [0.25, 0.3) is 5.56 Å². The number of anilines is 1. The Labute approximate surface area is 149 Å². The molecule has 0 aliphatic rings. The fourth-order valence-corrected chi connectivity index (χ4v) is 3.35. The van der Waals surface area contributed by atoms with Crippen LogP contribution < -0.4 is 10.9 Å². The normalized spacial score (nSPS) is 12.0. The van der Waals surface area contributed by atoms with E-state index in [0.717, 1.165) is 0 Å². The number of amides is 1. The molecule has 1 amide bonds. The molecule has 0 aliphatic heterocycles. The van der Waals surface area contributed by atoms with Crippen LogP contribution in [0.15, 0.2) is 44.6 Å². The summed E-state index contributed by atoms with van der Waals surface area (Å²) in [5.41, 5.74) is -0.182. The number of pyridine rings is 1. The van der Waals surface area contributed by atoms with E-state index in [1.807, 2.05) is 0 Å². The standard InChI is InChI=1S/C14H11BrCl2N2O2S/c1-7(22-12-5-9(16)2-3-10(12)17)13(20)19-11-4-8(15)6-18-14(11)21/h2-7H,1H3,(H,18,21)(H,19,20). The van der Waals surface area contributed by atoms with Crippen molar-refractivity contribution in [3.63, 3.8) is 0 Å². The van der Waals surface area contributed by atoms with Crippen LogP contribution >= 0.6 is 50.9 Å². The summed E-state index contributed by atoms with van der Waals surface area (Å²) in [6.07, 6.45) is 1.50. The van der Waals surface area contributed by atoms with E-state index in [4.69, 9.17) is 23.2 Å². The zero-order valence-electron chi connectivity index (χ0n) is 11.3. The molecule has 0 bridgehead atoms. The predicted octanol–water partition coefficient (Wildman–Crippen LogP) is 4.56. The second-order valence-electron chi connectivity index (χ2n) is 4.38. The second-order valence-corrected chi connectivity index (χ2v) is 7.53. The topological polar surface area (TPSA) is 62.0 Å². The summed E-state index contributed by atoms with van der Waals surface area (Å²) in [6.45, 7) is 1.73. The lowest BCUT2D eigenvalue weighted by Gasteiger charge is -2.13. The van der Waals surface area contributed by atoms with Gasteiger partial charge >= 0.3 is 0 Å². The molecule has 4 nitrogen and oxygen atoms in total. The maximum atomic E-state index is 12.2. The van der Waals surface area contributed by atoms with E-state index >= 15 is 0 Å². The Morgan fingerprint density at radius 3 is 2.82 bits per heavy atom. The Balaban J connectivity index is 2.11. The Bertz CT molecular complexity index is 767. The van der Waals surface area contributed by atoms with Crippen LogP contribution in [0.1, 0.15) is 6.92 Å². The first-order valence-electron chi connectivity index (χ1n) is 6.17. The molecule has 1 aromatic carbocycles. The van der Waals surface area contributed by atoms with Gasteiger partial charge in [-0.3, -0.25) is 9.59 Å². The van der Waals surface area contributed by atoms with E-state index in [9.17, 15) is 9.59 Å². The third kappa shape index (κ3) is 4.52. The first-order valence-corrected chi connectivity index (χ1v) is 8.60. The molecular formula is C14H11BrCl2N2O2S. The molecule has 0 radical (unpaired) electrons. The average Bonchev–Trinajstić information content (AvgIpc) is 2.46. The quantitative estimate of drug-likeness (QED) is 0.711. The number of aromatic nitrogens is 1. The first kappa shape index (κ1) is 17.4. The minimum atomic E-state index is -0.450. The van der Waals surface area contributed by atoms with Gasteiger partial charge in [-0.15, -0.1) is 11.8 Å². The number of hydrogen-bond acceptors (Lipinski definition) is 3. The van der Waals surface area contributed by atoms with E-state index in [2.05, 4.69) is 26.2 Å². The van der Waals surface area contributed by atoms with Crippen molar-refractivity contribution >= 4 is 62.5 Å². The molecule has 1 unspecified atom stereocenters. The van der Waals surface area contributed by atoms with Gasteiger partial charge in [-0.1, -0.05) is 23.2 Å². The lowest BCUT2D eigenvalue weighted by atomic mass is 10.3. The maximum absolute atomic E-state index is 12.2. The van der Waals surface area contributed by atoms with Crippen molar-refractivity contribution in [2.75, 3.05) is 5.32 Å². The summed E-state index contributed by atoms with van der Waals surface area (Å²) in [5, 5.41) is 3.21. The number of aromatic amines is 1. The zero-order chi connectivity index (χ0) is 16.3. The predicted molar refractivity (Wildman–Crippen MR) is 95.2 cm³/mol. The number of carbonyl (C=O) groups excluding carboxylic acids is 1. The van der Waals surface area contributed by atoms with Crippen LogP contribution in [0.2, 0.25) is 10.0 Å². The molecule has 0 spiro atoms. The SMILES string of the molecule is CC(Sc1cc(Cl)ccc1Cl)C(=O)Nc1cc(Br)c[nH]c1=O. The molecule has 1 heterocycles. The number of benzene rings is 1. The average molecular weight is 422 g/mol. The number of halogens is 3. The molecule has 2 rings (SSSR count). The lowest BCUT2D eigenvalue weighted by Crippen LogP contribution is -2.26. The van der Waals surface area contributed by atoms with Crippen molar-refractivity contribution in [3.8, 4) is 0 Å². The van der Waals surface area contributed by atoms with Crippen molar-refractivity contribution in [2.45, 2.75) is 17.1 Å². The van der Waals surface area contributed by atoms with E-state index in [0.29, 0.717) is 19.4 Å². The molecule has 0 saturated carbocycles. The summed E-state index contributed by atoms with van der Waals surface area (Å²) in [5.74, 6) is -0.301. The van der Waals surface area contributed by atoms with Crippen molar-refractivity contribution < 1.29 is 4.79 Å². The highest BCUT2D eigenvalue weighted by atomic mass is 79.9. The first-order chi connectivity index (χ1) is 10.4. The molecular weight excluding hydrogens is 411 g/mol. The lowest BCUT2D eigenvalue weighted by molar-refractivity contribution is -0.115. The monoisotopic (exact) mass is 420 g/mol. The van der Waals surface area contributed by atoms with E-state index in [-0.39, 0.29) is 17.2 Å². The molecule has 0 saturated heterocycles. The van der Waals surface area contributed by atoms with Gasteiger partial charge in [0.1, 0.15) is 5.69 Å². The number of nitrogens with one attached hydrogen (secondary N) is 2. The van der Waals surface area contributed by atoms with Gasteiger partial charge < -0.3 is 10.3 Å². The minimum absolute atomic E-state index is 0.184. The van der Waals surface area contributed by atoms with Gasteiger partial charge in [0.2, 0.25) is 5.91 Å². The van der Waals surface area contributed by atoms with Crippen LogP contribution in [0, 0.1) is 0 Å². The van der Waals surface area contributed by atoms with Crippen LogP contribution in [-0.4, -0.2) is 16.1 Å². The maximum Gasteiger partial charge on any atom is 0.271 e. The van der Waals surface area contributed by atoms with Crippen LogP contribution in [0.25, 0.3) is 0 Å². The number of thioether (sulfide) groups is 1. The van der Waals surface area contributed by atoms with Crippen molar-refractivity contribution in [1.29, 1.82) is 0 Å².